The van der Waals surface area contributed by atoms with Crippen molar-refractivity contribution in [1.82, 2.24) is 14.8 Å². The normalized spacial score (nSPS) is 30.0. The summed E-state index contributed by atoms with van der Waals surface area (Å²) in [4.78, 5) is 22.5. The molecule has 1 aromatic rings. The Balaban J connectivity index is 1.35. The van der Waals surface area contributed by atoms with Crippen molar-refractivity contribution < 1.29 is 14.3 Å². The van der Waals surface area contributed by atoms with Gasteiger partial charge in [-0.25, -0.2) is 9.78 Å². The minimum atomic E-state index is -0.0968. The van der Waals surface area contributed by atoms with Crippen LogP contribution in [0, 0.1) is 0 Å². The van der Waals surface area contributed by atoms with E-state index in [0.717, 1.165) is 58.7 Å². The van der Waals surface area contributed by atoms with E-state index in [2.05, 4.69) is 15.2 Å². The van der Waals surface area contributed by atoms with Crippen LogP contribution in [-0.2, 0) is 9.47 Å². The number of amides is 2. The standard InChI is InChI=1S/C17H26N4O3S/c1-20(13-2-5-21-6-9-24-14(13)11-21)17(22)19-16-18-10-15(25-16)12-3-7-23-8-4-12/h10,12-14H,2-9,11H2,1H3,(H,18,19,22). The van der Waals surface area contributed by atoms with Crippen LogP contribution in [0.15, 0.2) is 6.20 Å². The van der Waals surface area contributed by atoms with E-state index in [1.165, 1.54) is 4.88 Å². The second-order valence-electron chi connectivity index (χ2n) is 7.06. The molecule has 3 aliphatic rings. The topological polar surface area (TPSA) is 66.9 Å². The van der Waals surface area contributed by atoms with Gasteiger partial charge in [-0.05, 0) is 25.2 Å². The molecule has 4 rings (SSSR count). The summed E-state index contributed by atoms with van der Waals surface area (Å²) in [6.07, 6.45) is 5.05. The molecule has 2 amide bonds. The molecule has 7 nitrogen and oxygen atoms in total. The third-order valence-corrected chi connectivity index (χ3v) is 6.60. The fourth-order valence-corrected chi connectivity index (χ4v) is 4.93. The van der Waals surface area contributed by atoms with Gasteiger partial charge >= 0.3 is 6.03 Å². The van der Waals surface area contributed by atoms with Crippen molar-refractivity contribution in [2.75, 3.05) is 51.8 Å². The molecule has 0 saturated carbocycles. The maximum absolute atomic E-state index is 12.7. The second kappa shape index (κ2) is 7.57. The van der Waals surface area contributed by atoms with Crippen molar-refractivity contribution in [3.63, 3.8) is 0 Å². The van der Waals surface area contributed by atoms with Gasteiger partial charge in [-0.3, -0.25) is 10.2 Å². The molecule has 3 saturated heterocycles. The summed E-state index contributed by atoms with van der Waals surface area (Å²) in [5.74, 6) is 0.509. The maximum Gasteiger partial charge on any atom is 0.323 e. The Labute approximate surface area is 152 Å². The maximum atomic E-state index is 12.7. The lowest BCUT2D eigenvalue weighted by Crippen LogP contribution is -2.59. The first-order valence-corrected chi connectivity index (χ1v) is 9.93. The zero-order valence-corrected chi connectivity index (χ0v) is 15.5. The number of carbonyl (C=O) groups is 1. The van der Waals surface area contributed by atoms with Crippen LogP contribution in [0.2, 0.25) is 0 Å². The molecular weight excluding hydrogens is 340 g/mol. The number of nitrogens with zero attached hydrogens (tertiary/aromatic N) is 3. The number of morpholine rings is 1. The number of hydrogen-bond donors (Lipinski definition) is 1. The number of anilines is 1. The zero-order valence-electron chi connectivity index (χ0n) is 14.6. The van der Waals surface area contributed by atoms with Crippen molar-refractivity contribution in [3.8, 4) is 0 Å². The summed E-state index contributed by atoms with van der Waals surface area (Å²) >= 11 is 1.59. The van der Waals surface area contributed by atoms with Gasteiger partial charge in [0.05, 0.1) is 18.8 Å². The van der Waals surface area contributed by atoms with Gasteiger partial charge in [-0.2, -0.15) is 0 Å². The van der Waals surface area contributed by atoms with E-state index in [9.17, 15) is 4.79 Å². The Morgan fingerprint density at radius 2 is 2.16 bits per heavy atom. The summed E-state index contributed by atoms with van der Waals surface area (Å²) in [5.41, 5.74) is 0. The summed E-state index contributed by atoms with van der Waals surface area (Å²) in [5, 5.41) is 3.65. The Kier molecular flexibility index (Phi) is 5.21. The second-order valence-corrected chi connectivity index (χ2v) is 8.12. The highest BCUT2D eigenvalue weighted by Crippen LogP contribution is 2.33. The predicted octanol–water partition coefficient (Wildman–Crippen LogP) is 1.97. The van der Waals surface area contributed by atoms with Crippen LogP contribution in [0.5, 0.6) is 0 Å². The van der Waals surface area contributed by atoms with Crippen LogP contribution >= 0.6 is 11.3 Å². The van der Waals surface area contributed by atoms with Crippen molar-refractivity contribution in [1.29, 1.82) is 0 Å². The zero-order chi connectivity index (χ0) is 17.2. The number of piperidine rings is 1. The summed E-state index contributed by atoms with van der Waals surface area (Å²) in [6, 6.07) is 0.0342. The van der Waals surface area contributed by atoms with Gasteiger partial charge in [-0.1, -0.05) is 0 Å². The lowest BCUT2D eigenvalue weighted by atomic mass is 9.99. The molecule has 0 spiro atoms. The third-order valence-electron chi connectivity index (χ3n) is 5.53. The van der Waals surface area contributed by atoms with E-state index in [4.69, 9.17) is 9.47 Å². The van der Waals surface area contributed by atoms with Gasteiger partial charge in [-0.15, -0.1) is 11.3 Å². The fraction of sp³-hybridized carbons (Fsp3) is 0.765. The number of carbonyl (C=O) groups excluding carboxylic acids is 1. The van der Waals surface area contributed by atoms with Crippen LogP contribution < -0.4 is 5.32 Å². The number of rotatable bonds is 3. The number of fused-ring (bicyclic) bond motifs is 2. The highest BCUT2D eigenvalue weighted by Gasteiger charge is 2.37. The number of likely N-dealkylation sites (N-methyl/N-ethyl adjacent to an activating group) is 1. The Morgan fingerprint density at radius 3 is 3.00 bits per heavy atom. The molecular formula is C17H26N4O3S. The number of aromatic nitrogens is 1. The molecule has 3 aliphatic heterocycles. The molecule has 25 heavy (non-hydrogen) atoms. The predicted molar refractivity (Wildman–Crippen MR) is 96.3 cm³/mol. The minimum Gasteiger partial charge on any atom is -0.381 e. The molecule has 8 heteroatoms. The average Bonchev–Trinajstić information content (AvgIpc) is 3.11. The first-order chi connectivity index (χ1) is 12.2. The summed E-state index contributed by atoms with van der Waals surface area (Å²) in [6.45, 7) is 5.35. The Hall–Kier alpha value is -1.22. The van der Waals surface area contributed by atoms with Crippen LogP contribution in [0.4, 0.5) is 9.93 Å². The monoisotopic (exact) mass is 366 g/mol. The van der Waals surface area contributed by atoms with Gasteiger partial charge in [0.2, 0.25) is 0 Å². The lowest BCUT2D eigenvalue weighted by Gasteiger charge is -2.45. The molecule has 3 atom stereocenters. The lowest BCUT2D eigenvalue weighted by molar-refractivity contribution is -0.0878. The highest BCUT2D eigenvalue weighted by molar-refractivity contribution is 7.15. The number of urea groups is 1. The molecule has 4 heterocycles. The third kappa shape index (κ3) is 3.81. The van der Waals surface area contributed by atoms with Crippen LogP contribution in [-0.4, -0.2) is 79.5 Å². The van der Waals surface area contributed by atoms with E-state index in [-0.39, 0.29) is 18.2 Å². The Bertz CT molecular complexity index is 604. The molecule has 0 aromatic carbocycles. The number of thiazole rings is 1. The molecule has 138 valence electrons. The summed E-state index contributed by atoms with van der Waals surface area (Å²) in [7, 11) is 1.86. The van der Waals surface area contributed by atoms with Crippen LogP contribution in [0.3, 0.4) is 0 Å². The van der Waals surface area contributed by atoms with Gasteiger partial charge in [0, 0.05) is 51.0 Å². The Morgan fingerprint density at radius 1 is 1.32 bits per heavy atom. The molecule has 0 aliphatic carbocycles. The van der Waals surface area contributed by atoms with Crippen LogP contribution in [0.25, 0.3) is 0 Å². The van der Waals surface area contributed by atoms with Gasteiger partial charge < -0.3 is 14.4 Å². The van der Waals surface area contributed by atoms with E-state index in [0.29, 0.717) is 11.0 Å². The quantitative estimate of drug-likeness (QED) is 0.886. The van der Waals surface area contributed by atoms with E-state index in [1.54, 1.807) is 16.2 Å². The summed E-state index contributed by atoms with van der Waals surface area (Å²) < 4.78 is 11.3. The number of ether oxygens (including phenoxy) is 2. The van der Waals surface area contributed by atoms with Crippen LogP contribution in [0.1, 0.15) is 30.1 Å². The van der Waals surface area contributed by atoms with Gasteiger partial charge in [0.15, 0.2) is 5.13 Å². The number of hydrogen-bond acceptors (Lipinski definition) is 6. The highest BCUT2D eigenvalue weighted by atomic mass is 32.1. The smallest absolute Gasteiger partial charge is 0.323 e. The minimum absolute atomic E-state index is 0.0968. The van der Waals surface area contributed by atoms with Crippen molar-refractivity contribution in [2.45, 2.75) is 37.3 Å². The number of nitrogens with one attached hydrogen (secondary N) is 1. The SMILES string of the molecule is CN(C(=O)Nc1ncc(C2CCOCC2)s1)C1CCN2CCOC1C2. The van der Waals surface area contributed by atoms with Crippen molar-refractivity contribution in [2.24, 2.45) is 0 Å². The molecule has 3 fully saturated rings. The van der Waals surface area contributed by atoms with Gasteiger partial charge in [0.25, 0.3) is 0 Å². The van der Waals surface area contributed by atoms with E-state index >= 15 is 0 Å². The largest absolute Gasteiger partial charge is 0.381 e. The average molecular weight is 366 g/mol. The fourth-order valence-electron chi connectivity index (χ4n) is 3.96. The van der Waals surface area contributed by atoms with Crippen molar-refractivity contribution in [3.05, 3.63) is 11.1 Å². The first kappa shape index (κ1) is 17.2. The molecule has 0 radical (unpaired) electrons. The molecule has 2 bridgehead atoms. The molecule has 1 aromatic heterocycles. The molecule has 1 N–H and O–H groups in total. The van der Waals surface area contributed by atoms with E-state index < -0.39 is 0 Å². The van der Waals surface area contributed by atoms with Gasteiger partial charge in [0.1, 0.15) is 0 Å². The molecule has 3 unspecified atom stereocenters. The van der Waals surface area contributed by atoms with E-state index in [1.807, 2.05) is 13.2 Å². The first-order valence-electron chi connectivity index (χ1n) is 9.12. The van der Waals surface area contributed by atoms with Crippen molar-refractivity contribution >= 4 is 22.5 Å².